The summed E-state index contributed by atoms with van der Waals surface area (Å²) >= 11 is 0. The van der Waals surface area contributed by atoms with Crippen molar-refractivity contribution < 1.29 is 19.1 Å². The molecule has 0 aromatic carbocycles. The number of carboxylic acid groups (broad SMARTS) is 1. The molecule has 1 rings (SSSR count). The zero-order valence-electron chi connectivity index (χ0n) is 13.9. The summed E-state index contributed by atoms with van der Waals surface area (Å²) in [4.78, 5) is 23.8. The number of hydrogen-bond acceptors (Lipinski definition) is 3. The molecule has 0 atom stereocenters. The van der Waals surface area contributed by atoms with E-state index in [2.05, 4.69) is 33.9 Å². The number of rotatable bonds is 5. The Balaban J connectivity index is 2.53. The highest BCUT2D eigenvalue weighted by Gasteiger charge is 2.39. The summed E-state index contributed by atoms with van der Waals surface area (Å²) in [6, 6.07) is 0. The molecular weight excluding hydrogens is 286 g/mol. The van der Waals surface area contributed by atoms with E-state index < -0.39 is 19.8 Å². The minimum Gasteiger partial charge on any atom is -0.465 e. The van der Waals surface area contributed by atoms with Gasteiger partial charge in [0.25, 0.3) is 0 Å². The number of carbonyl (C=O) groups is 2. The quantitative estimate of drug-likeness (QED) is 0.624. The zero-order valence-corrected chi connectivity index (χ0v) is 14.9. The highest BCUT2D eigenvalue weighted by Crippen LogP contribution is 2.38. The van der Waals surface area contributed by atoms with Gasteiger partial charge in [-0.3, -0.25) is 0 Å². The fraction of sp³-hybridized carbons (Fsp3) is 0.867. The third-order valence-electron chi connectivity index (χ3n) is 5.15. The van der Waals surface area contributed by atoms with Gasteiger partial charge in [-0.25, -0.2) is 4.79 Å². The Hall–Kier alpha value is -0.883. The lowest BCUT2D eigenvalue weighted by Crippen LogP contribution is -2.45. The van der Waals surface area contributed by atoms with Crippen LogP contribution >= 0.6 is 0 Å². The first-order chi connectivity index (χ1) is 9.53. The lowest BCUT2D eigenvalue weighted by Gasteiger charge is -2.39. The van der Waals surface area contributed by atoms with Crippen LogP contribution in [0.3, 0.4) is 0 Å². The van der Waals surface area contributed by atoms with Gasteiger partial charge in [0.2, 0.25) is 0 Å². The fourth-order valence-electron chi connectivity index (χ4n) is 2.30. The van der Waals surface area contributed by atoms with Gasteiger partial charge < -0.3 is 19.2 Å². The van der Waals surface area contributed by atoms with E-state index in [1.54, 1.807) is 0 Å². The van der Waals surface area contributed by atoms with Crippen molar-refractivity contribution >= 4 is 20.7 Å². The summed E-state index contributed by atoms with van der Waals surface area (Å²) in [6.45, 7) is 12.5. The van der Waals surface area contributed by atoms with Crippen molar-refractivity contribution in [3.8, 4) is 0 Å². The van der Waals surface area contributed by atoms with Crippen LogP contribution < -0.4 is 0 Å². The first-order valence-electron chi connectivity index (χ1n) is 7.61. The van der Waals surface area contributed by atoms with E-state index in [0.29, 0.717) is 39.0 Å². The van der Waals surface area contributed by atoms with Gasteiger partial charge in [0.1, 0.15) is 6.29 Å². The third-order valence-corrected chi connectivity index (χ3v) is 9.69. The summed E-state index contributed by atoms with van der Waals surface area (Å²) in [6.07, 6.45) is 2.01. The predicted octanol–water partition coefficient (Wildman–Crippen LogP) is 3.36. The van der Waals surface area contributed by atoms with Gasteiger partial charge in [0.15, 0.2) is 8.32 Å². The van der Waals surface area contributed by atoms with E-state index in [4.69, 9.17) is 9.53 Å². The van der Waals surface area contributed by atoms with E-state index in [-0.39, 0.29) is 5.04 Å². The van der Waals surface area contributed by atoms with Gasteiger partial charge in [-0.2, -0.15) is 0 Å². The SMILES string of the molecule is CC(C)(C)[Si](C)(C)OCCC1(C=O)CCN(C(=O)O)CC1. The Morgan fingerprint density at radius 1 is 1.33 bits per heavy atom. The maximum Gasteiger partial charge on any atom is 0.407 e. The monoisotopic (exact) mass is 315 g/mol. The highest BCUT2D eigenvalue weighted by atomic mass is 28.4. The molecule has 1 fully saturated rings. The number of likely N-dealkylation sites (tertiary alicyclic amines) is 1. The molecule has 1 aliphatic heterocycles. The molecule has 21 heavy (non-hydrogen) atoms. The molecule has 0 aliphatic carbocycles. The molecule has 5 nitrogen and oxygen atoms in total. The summed E-state index contributed by atoms with van der Waals surface area (Å²) in [5, 5.41) is 9.13. The minimum atomic E-state index is -1.79. The summed E-state index contributed by atoms with van der Waals surface area (Å²) in [5.74, 6) is 0. The normalized spacial score (nSPS) is 19.4. The Bertz CT molecular complexity index is 382. The standard InChI is InChI=1S/C15H29NO4Si/c1-14(2,3)21(4,5)20-11-8-15(12-17)6-9-16(10-7-15)13(18)19/h12H,6-11H2,1-5H3,(H,18,19). The molecule has 0 aromatic heterocycles. The molecule has 1 N–H and O–H groups in total. The van der Waals surface area contributed by atoms with Gasteiger partial charge in [-0.05, 0) is 37.4 Å². The molecule has 1 saturated heterocycles. The number of nitrogens with zero attached hydrogens (tertiary/aromatic N) is 1. The smallest absolute Gasteiger partial charge is 0.407 e. The summed E-state index contributed by atoms with van der Waals surface area (Å²) < 4.78 is 6.15. The van der Waals surface area contributed by atoms with Crippen LogP contribution in [0.25, 0.3) is 0 Å². The molecule has 122 valence electrons. The van der Waals surface area contributed by atoms with Gasteiger partial charge in [-0.1, -0.05) is 20.8 Å². The van der Waals surface area contributed by atoms with Gasteiger partial charge in [-0.15, -0.1) is 0 Å². The van der Waals surface area contributed by atoms with Gasteiger partial charge in [0, 0.05) is 25.1 Å². The molecule has 6 heteroatoms. The number of carbonyl (C=O) groups excluding carboxylic acids is 1. The Kier molecular flexibility index (Phi) is 5.61. The van der Waals surface area contributed by atoms with Crippen molar-refractivity contribution in [2.75, 3.05) is 19.7 Å². The lowest BCUT2D eigenvalue weighted by molar-refractivity contribution is -0.119. The van der Waals surface area contributed by atoms with E-state index in [9.17, 15) is 9.59 Å². The van der Waals surface area contributed by atoms with E-state index in [0.717, 1.165) is 6.29 Å². The van der Waals surface area contributed by atoms with E-state index >= 15 is 0 Å². The van der Waals surface area contributed by atoms with Crippen LogP contribution in [-0.4, -0.2) is 50.4 Å². The van der Waals surface area contributed by atoms with Crippen molar-refractivity contribution in [3.63, 3.8) is 0 Å². The van der Waals surface area contributed by atoms with Crippen LogP contribution in [0.5, 0.6) is 0 Å². The second-order valence-corrected chi connectivity index (χ2v) is 12.4. The molecule has 0 bridgehead atoms. The van der Waals surface area contributed by atoms with Crippen molar-refractivity contribution in [2.24, 2.45) is 5.41 Å². The van der Waals surface area contributed by atoms with Crippen LogP contribution in [0.4, 0.5) is 4.79 Å². The van der Waals surface area contributed by atoms with Gasteiger partial charge >= 0.3 is 6.09 Å². The predicted molar refractivity (Wildman–Crippen MR) is 85.1 cm³/mol. The average Bonchev–Trinajstić information content (AvgIpc) is 2.37. The number of amides is 1. The van der Waals surface area contributed by atoms with Crippen molar-refractivity contribution in [2.45, 2.75) is 58.2 Å². The molecule has 1 heterocycles. The third kappa shape index (κ3) is 4.54. The number of aldehydes is 1. The Labute approximate surface area is 128 Å². The first kappa shape index (κ1) is 18.2. The second kappa shape index (κ2) is 6.48. The van der Waals surface area contributed by atoms with Crippen LogP contribution in [0, 0.1) is 5.41 Å². The Morgan fingerprint density at radius 2 is 1.86 bits per heavy atom. The zero-order chi connectivity index (χ0) is 16.3. The largest absolute Gasteiger partial charge is 0.465 e. The topological polar surface area (TPSA) is 66.8 Å². The molecule has 0 unspecified atom stereocenters. The average molecular weight is 315 g/mol. The first-order valence-corrected chi connectivity index (χ1v) is 10.5. The van der Waals surface area contributed by atoms with Crippen LogP contribution in [0.2, 0.25) is 18.1 Å². The second-order valence-electron chi connectivity index (χ2n) is 7.61. The van der Waals surface area contributed by atoms with Crippen molar-refractivity contribution in [1.82, 2.24) is 4.90 Å². The molecule has 1 aliphatic rings. The van der Waals surface area contributed by atoms with Crippen molar-refractivity contribution in [1.29, 1.82) is 0 Å². The molecule has 1 amide bonds. The highest BCUT2D eigenvalue weighted by molar-refractivity contribution is 6.74. The summed E-state index contributed by atoms with van der Waals surface area (Å²) in [5.41, 5.74) is -0.408. The maximum atomic E-state index is 11.5. The fourth-order valence-corrected chi connectivity index (χ4v) is 3.34. The van der Waals surface area contributed by atoms with E-state index in [1.807, 2.05) is 0 Å². The molecular formula is C15H29NO4Si. The summed E-state index contributed by atoms with van der Waals surface area (Å²) in [7, 11) is -1.79. The van der Waals surface area contributed by atoms with Crippen LogP contribution in [0.15, 0.2) is 0 Å². The maximum absolute atomic E-state index is 11.5. The van der Waals surface area contributed by atoms with Crippen LogP contribution in [-0.2, 0) is 9.22 Å². The minimum absolute atomic E-state index is 0.161. The van der Waals surface area contributed by atoms with Crippen LogP contribution in [0.1, 0.15) is 40.0 Å². The number of piperidine rings is 1. The lowest BCUT2D eigenvalue weighted by atomic mass is 9.77. The van der Waals surface area contributed by atoms with Gasteiger partial charge in [0.05, 0.1) is 0 Å². The molecule has 0 saturated carbocycles. The van der Waals surface area contributed by atoms with E-state index in [1.165, 1.54) is 4.90 Å². The molecule has 0 aromatic rings. The molecule has 0 radical (unpaired) electrons. The molecule has 0 spiro atoms. The van der Waals surface area contributed by atoms with Crippen molar-refractivity contribution in [3.05, 3.63) is 0 Å². The number of hydrogen-bond donors (Lipinski definition) is 1. The Morgan fingerprint density at radius 3 is 2.24 bits per heavy atom.